The minimum Gasteiger partial charge on any atom is -0.467 e. The van der Waals surface area contributed by atoms with Crippen LogP contribution in [-0.4, -0.2) is 36.3 Å². The maximum atomic E-state index is 5.40. The van der Waals surface area contributed by atoms with Gasteiger partial charge in [-0.25, -0.2) is 0 Å². The van der Waals surface area contributed by atoms with Crippen molar-refractivity contribution in [2.24, 2.45) is 0 Å². The van der Waals surface area contributed by atoms with Crippen LogP contribution in [-0.2, 0) is 11.3 Å². The van der Waals surface area contributed by atoms with Gasteiger partial charge in [0.2, 0.25) is 0 Å². The molecule has 0 bridgehead atoms. The molecule has 0 atom stereocenters. The van der Waals surface area contributed by atoms with Crippen LogP contribution in [0.1, 0.15) is 18.6 Å². The highest BCUT2D eigenvalue weighted by Crippen LogP contribution is 2.28. The summed E-state index contributed by atoms with van der Waals surface area (Å²) in [6.45, 7) is 2.16. The second kappa shape index (κ2) is 6.02. The summed E-state index contributed by atoms with van der Waals surface area (Å²) in [5.74, 6) is 0.952. The van der Waals surface area contributed by atoms with E-state index in [1.165, 1.54) is 12.8 Å². The topological polar surface area (TPSA) is 37.6 Å². The zero-order valence-corrected chi connectivity index (χ0v) is 10.8. The van der Waals surface area contributed by atoms with Gasteiger partial charge in [0.25, 0.3) is 0 Å². The molecule has 1 aliphatic carbocycles. The Hall–Kier alpha value is -1.07. The average Bonchev–Trinajstić information content (AvgIpc) is 3.03. The third kappa shape index (κ3) is 3.71. The first-order valence-corrected chi connectivity index (χ1v) is 6.28. The van der Waals surface area contributed by atoms with Crippen LogP contribution in [0.25, 0.3) is 0 Å². The second-order valence-corrected chi connectivity index (χ2v) is 4.55. The molecule has 1 aromatic heterocycles. The van der Waals surface area contributed by atoms with E-state index in [4.69, 9.17) is 21.4 Å². The van der Waals surface area contributed by atoms with Crippen molar-refractivity contribution in [3.05, 3.63) is 24.2 Å². The number of nitrogens with one attached hydrogen (secondary N) is 1. The molecule has 17 heavy (non-hydrogen) atoms. The van der Waals surface area contributed by atoms with Gasteiger partial charge in [0, 0.05) is 19.7 Å². The standard InChI is InChI=1S/C12H18N2O2S/c1-15-8-6-13-12(17)14(10-4-5-10)9-11-3-2-7-16-11/h2-3,7,10H,4-6,8-9H2,1H3,(H,13,17). The summed E-state index contributed by atoms with van der Waals surface area (Å²) < 4.78 is 10.4. The van der Waals surface area contributed by atoms with Crippen LogP contribution in [0.5, 0.6) is 0 Å². The number of rotatable bonds is 6. The molecular weight excluding hydrogens is 236 g/mol. The molecular formula is C12H18N2O2S. The third-order valence-corrected chi connectivity index (χ3v) is 3.12. The van der Waals surface area contributed by atoms with E-state index in [-0.39, 0.29) is 0 Å². The summed E-state index contributed by atoms with van der Waals surface area (Å²) in [4.78, 5) is 2.20. The van der Waals surface area contributed by atoms with E-state index in [0.29, 0.717) is 12.6 Å². The van der Waals surface area contributed by atoms with Crippen molar-refractivity contribution < 1.29 is 9.15 Å². The van der Waals surface area contributed by atoms with Gasteiger partial charge >= 0.3 is 0 Å². The maximum Gasteiger partial charge on any atom is 0.169 e. The Kier molecular flexibility index (Phi) is 4.39. The summed E-state index contributed by atoms with van der Waals surface area (Å²) in [6, 6.07) is 4.46. The Morgan fingerprint density at radius 1 is 1.65 bits per heavy atom. The van der Waals surface area contributed by atoms with Crippen LogP contribution in [0.4, 0.5) is 0 Å². The van der Waals surface area contributed by atoms with Crippen molar-refractivity contribution in [3.8, 4) is 0 Å². The molecule has 0 spiro atoms. The zero-order valence-electron chi connectivity index (χ0n) is 10.0. The van der Waals surface area contributed by atoms with Gasteiger partial charge in [0.05, 0.1) is 19.4 Å². The number of methoxy groups -OCH3 is 1. The van der Waals surface area contributed by atoms with Crippen LogP contribution < -0.4 is 5.32 Å². The van der Waals surface area contributed by atoms with Gasteiger partial charge in [-0.05, 0) is 37.2 Å². The molecule has 0 aliphatic heterocycles. The fraction of sp³-hybridized carbons (Fsp3) is 0.583. The van der Waals surface area contributed by atoms with E-state index in [9.17, 15) is 0 Å². The Morgan fingerprint density at radius 3 is 3.06 bits per heavy atom. The van der Waals surface area contributed by atoms with Crippen molar-refractivity contribution in [1.82, 2.24) is 10.2 Å². The molecule has 1 heterocycles. The summed E-state index contributed by atoms with van der Waals surface area (Å²) in [6.07, 6.45) is 4.13. The lowest BCUT2D eigenvalue weighted by atomic mass is 10.4. The van der Waals surface area contributed by atoms with Crippen LogP contribution in [0, 0.1) is 0 Å². The number of hydrogen-bond acceptors (Lipinski definition) is 3. The molecule has 1 aliphatic rings. The lowest BCUT2D eigenvalue weighted by Crippen LogP contribution is -2.41. The predicted octanol–water partition coefficient (Wildman–Crippen LogP) is 1.76. The Bertz CT molecular complexity index is 349. The minimum atomic E-state index is 0.572. The van der Waals surface area contributed by atoms with E-state index in [1.54, 1.807) is 13.4 Å². The van der Waals surface area contributed by atoms with Crippen molar-refractivity contribution in [2.75, 3.05) is 20.3 Å². The van der Waals surface area contributed by atoms with Crippen LogP contribution in [0.2, 0.25) is 0 Å². The molecule has 1 fully saturated rings. The lowest BCUT2D eigenvalue weighted by molar-refractivity contribution is 0.202. The average molecular weight is 254 g/mol. The van der Waals surface area contributed by atoms with E-state index < -0.39 is 0 Å². The van der Waals surface area contributed by atoms with Crippen molar-refractivity contribution in [1.29, 1.82) is 0 Å². The monoisotopic (exact) mass is 254 g/mol. The molecule has 0 aromatic carbocycles. The molecule has 5 heteroatoms. The minimum absolute atomic E-state index is 0.572. The summed E-state index contributed by atoms with van der Waals surface area (Å²) in [5.41, 5.74) is 0. The fourth-order valence-corrected chi connectivity index (χ4v) is 2.00. The molecule has 2 rings (SSSR count). The second-order valence-electron chi connectivity index (χ2n) is 4.16. The first-order valence-electron chi connectivity index (χ1n) is 5.87. The van der Waals surface area contributed by atoms with E-state index in [1.807, 2.05) is 12.1 Å². The highest BCUT2D eigenvalue weighted by Gasteiger charge is 2.31. The first kappa shape index (κ1) is 12.4. The smallest absolute Gasteiger partial charge is 0.169 e. The quantitative estimate of drug-likeness (QED) is 0.618. The molecule has 1 saturated carbocycles. The van der Waals surface area contributed by atoms with Crippen molar-refractivity contribution in [3.63, 3.8) is 0 Å². The first-order chi connectivity index (χ1) is 8.31. The van der Waals surface area contributed by atoms with Crippen molar-refractivity contribution in [2.45, 2.75) is 25.4 Å². The number of nitrogens with zero attached hydrogens (tertiary/aromatic N) is 1. The molecule has 94 valence electrons. The summed E-state index contributed by atoms with van der Waals surface area (Å²) >= 11 is 5.40. The lowest BCUT2D eigenvalue weighted by Gasteiger charge is -2.24. The molecule has 0 unspecified atom stereocenters. The Labute approximate surface area is 107 Å². The molecule has 1 N–H and O–H groups in total. The highest BCUT2D eigenvalue weighted by molar-refractivity contribution is 7.80. The SMILES string of the molecule is COCCNC(=S)N(Cc1ccco1)C1CC1. The number of furan rings is 1. The van der Waals surface area contributed by atoms with Gasteiger partial charge in [-0.1, -0.05) is 0 Å². The molecule has 0 saturated heterocycles. The molecule has 0 radical (unpaired) electrons. The third-order valence-electron chi connectivity index (χ3n) is 2.74. The van der Waals surface area contributed by atoms with Gasteiger partial charge < -0.3 is 19.4 Å². The Morgan fingerprint density at radius 2 is 2.47 bits per heavy atom. The Balaban J connectivity index is 1.86. The summed E-state index contributed by atoms with van der Waals surface area (Å²) in [5, 5.41) is 4.00. The van der Waals surface area contributed by atoms with Crippen LogP contribution in [0.3, 0.4) is 0 Å². The van der Waals surface area contributed by atoms with Crippen LogP contribution in [0.15, 0.2) is 22.8 Å². The largest absolute Gasteiger partial charge is 0.467 e. The van der Waals surface area contributed by atoms with Gasteiger partial charge in [-0.3, -0.25) is 0 Å². The molecule has 0 amide bonds. The van der Waals surface area contributed by atoms with Gasteiger partial charge in [0.1, 0.15) is 5.76 Å². The number of ether oxygens (including phenoxy) is 1. The molecule has 1 aromatic rings. The van der Waals surface area contributed by atoms with E-state index >= 15 is 0 Å². The number of hydrogen-bond donors (Lipinski definition) is 1. The normalized spacial score (nSPS) is 14.6. The fourth-order valence-electron chi connectivity index (χ4n) is 1.68. The predicted molar refractivity (Wildman–Crippen MR) is 69.7 cm³/mol. The van der Waals surface area contributed by atoms with Crippen molar-refractivity contribution >= 4 is 17.3 Å². The summed E-state index contributed by atoms with van der Waals surface area (Å²) in [7, 11) is 1.69. The molecule has 4 nitrogen and oxygen atoms in total. The van der Waals surface area contributed by atoms with Crippen LogP contribution >= 0.6 is 12.2 Å². The van der Waals surface area contributed by atoms with Gasteiger partial charge in [0.15, 0.2) is 5.11 Å². The van der Waals surface area contributed by atoms with E-state index in [0.717, 1.165) is 24.0 Å². The highest BCUT2D eigenvalue weighted by atomic mass is 32.1. The number of thiocarbonyl (C=S) groups is 1. The van der Waals surface area contributed by atoms with E-state index in [2.05, 4.69) is 10.2 Å². The maximum absolute atomic E-state index is 5.40. The van der Waals surface area contributed by atoms with Gasteiger partial charge in [-0.15, -0.1) is 0 Å². The van der Waals surface area contributed by atoms with Gasteiger partial charge in [-0.2, -0.15) is 0 Å². The zero-order chi connectivity index (χ0) is 12.1.